The van der Waals surface area contributed by atoms with Crippen LogP contribution in [0.4, 0.5) is 0 Å². The fourth-order valence-corrected chi connectivity index (χ4v) is 3.17. The van der Waals surface area contributed by atoms with Crippen molar-refractivity contribution in [1.82, 2.24) is 15.1 Å². The van der Waals surface area contributed by atoms with Crippen molar-refractivity contribution in [3.05, 3.63) is 18.0 Å². The van der Waals surface area contributed by atoms with Gasteiger partial charge in [0.05, 0.1) is 11.7 Å². The Hall–Kier alpha value is -0.830. The fraction of sp³-hybridized carbons (Fsp3) is 0.769. The Morgan fingerprint density at radius 3 is 2.19 bits per heavy atom. The summed E-state index contributed by atoms with van der Waals surface area (Å²) in [5.74, 6) is 0.653. The summed E-state index contributed by atoms with van der Waals surface area (Å²) in [6.07, 6.45) is 2.02. The molecule has 1 N–H and O–H groups in total. The molecule has 1 heterocycles. The van der Waals surface area contributed by atoms with Gasteiger partial charge in [-0.15, -0.1) is 0 Å². The first-order valence-electron chi connectivity index (χ1n) is 5.99. The highest BCUT2D eigenvalue weighted by molar-refractivity contribution is 5.22. The number of rotatable bonds is 3. The highest BCUT2D eigenvalue weighted by Gasteiger charge is 2.67. The van der Waals surface area contributed by atoms with Crippen LogP contribution in [0.25, 0.3) is 0 Å². The molecule has 3 nitrogen and oxygen atoms in total. The predicted molar refractivity (Wildman–Crippen MR) is 66.1 cm³/mol. The molecule has 0 bridgehead atoms. The van der Waals surface area contributed by atoms with Gasteiger partial charge in [0.1, 0.15) is 0 Å². The van der Waals surface area contributed by atoms with Crippen LogP contribution < -0.4 is 5.32 Å². The van der Waals surface area contributed by atoms with E-state index in [-0.39, 0.29) is 0 Å². The molecule has 1 saturated carbocycles. The number of hydrogen-bond acceptors (Lipinski definition) is 2. The smallest absolute Gasteiger partial charge is 0.0797 e. The number of hydrogen-bond donors (Lipinski definition) is 1. The minimum absolute atomic E-state index is 0.367. The maximum atomic E-state index is 4.53. The lowest BCUT2D eigenvalue weighted by molar-refractivity contribution is 0.425. The van der Waals surface area contributed by atoms with Crippen molar-refractivity contribution in [1.29, 1.82) is 0 Å². The van der Waals surface area contributed by atoms with Gasteiger partial charge in [0.2, 0.25) is 0 Å². The zero-order valence-corrected chi connectivity index (χ0v) is 11.2. The lowest BCUT2D eigenvalue weighted by Gasteiger charge is -2.16. The van der Waals surface area contributed by atoms with Crippen LogP contribution >= 0.6 is 0 Å². The molecule has 16 heavy (non-hydrogen) atoms. The van der Waals surface area contributed by atoms with Crippen molar-refractivity contribution in [2.45, 2.75) is 33.7 Å². The molecule has 0 aliphatic heterocycles. The van der Waals surface area contributed by atoms with E-state index in [2.05, 4.69) is 44.2 Å². The molecule has 1 aliphatic carbocycles. The van der Waals surface area contributed by atoms with Crippen LogP contribution in [0.1, 0.15) is 39.4 Å². The molecule has 0 saturated heterocycles. The van der Waals surface area contributed by atoms with Crippen molar-refractivity contribution >= 4 is 0 Å². The van der Waals surface area contributed by atoms with Crippen molar-refractivity contribution < 1.29 is 0 Å². The quantitative estimate of drug-likeness (QED) is 0.849. The van der Waals surface area contributed by atoms with E-state index in [0.717, 1.165) is 5.69 Å². The van der Waals surface area contributed by atoms with Crippen LogP contribution in [0.5, 0.6) is 0 Å². The Bertz CT molecular complexity index is 376. The van der Waals surface area contributed by atoms with Crippen molar-refractivity contribution in [2.24, 2.45) is 23.8 Å². The van der Waals surface area contributed by atoms with E-state index in [0.29, 0.717) is 22.8 Å². The lowest BCUT2D eigenvalue weighted by Crippen LogP contribution is -2.22. The number of aryl methyl sites for hydroxylation is 1. The zero-order chi connectivity index (χ0) is 12.1. The SMILES string of the molecule is CNC(c1ccn(C)n1)C1C(C)(C)C1(C)C. The zero-order valence-electron chi connectivity index (χ0n) is 11.2. The third-order valence-corrected chi connectivity index (χ3v) is 4.83. The Morgan fingerprint density at radius 2 is 1.88 bits per heavy atom. The number of nitrogens with one attached hydrogen (secondary N) is 1. The van der Waals surface area contributed by atoms with Crippen LogP contribution in [0.3, 0.4) is 0 Å². The van der Waals surface area contributed by atoms with Crippen LogP contribution in [0.2, 0.25) is 0 Å². The standard InChI is InChI=1S/C13H23N3/c1-12(2)11(13(12,3)4)10(14-5)9-7-8-16(6)15-9/h7-8,10-11,14H,1-6H3. The average Bonchev–Trinajstić information content (AvgIpc) is 2.55. The van der Waals surface area contributed by atoms with E-state index in [1.54, 1.807) is 0 Å². The van der Waals surface area contributed by atoms with Crippen molar-refractivity contribution in [2.75, 3.05) is 7.05 Å². The summed E-state index contributed by atoms with van der Waals surface area (Å²) in [6.45, 7) is 9.41. The van der Waals surface area contributed by atoms with E-state index < -0.39 is 0 Å². The summed E-state index contributed by atoms with van der Waals surface area (Å²) < 4.78 is 1.88. The summed E-state index contributed by atoms with van der Waals surface area (Å²) in [4.78, 5) is 0. The second kappa shape index (κ2) is 3.33. The summed E-state index contributed by atoms with van der Waals surface area (Å²) in [5.41, 5.74) is 1.93. The maximum absolute atomic E-state index is 4.53. The highest BCUT2D eigenvalue weighted by atomic mass is 15.3. The molecule has 90 valence electrons. The lowest BCUT2D eigenvalue weighted by atomic mass is 10.0. The minimum Gasteiger partial charge on any atom is -0.311 e. The maximum Gasteiger partial charge on any atom is 0.0797 e. The first kappa shape index (κ1) is 11.6. The van der Waals surface area contributed by atoms with Crippen LogP contribution in [0.15, 0.2) is 12.3 Å². The third kappa shape index (κ3) is 1.41. The van der Waals surface area contributed by atoms with E-state index in [4.69, 9.17) is 0 Å². The molecule has 1 atom stereocenters. The third-order valence-electron chi connectivity index (χ3n) is 4.83. The Balaban J connectivity index is 2.26. The van der Waals surface area contributed by atoms with E-state index in [9.17, 15) is 0 Å². The molecule has 3 heteroatoms. The molecule has 1 aliphatic rings. The highest BCUT2D eigenvalue weighted by Crippen LogP contribution is 2.72. The minimum atomic E-state index is 0.367. The summed E-state index contributed by atoms with van der Waals surface area (Å²) >= 11 is 0. The second-order valence-electron chi connectivity index (χ2n) is 6.10. The van der Waals surface area contributed by atoms with Crippen molar-refractivity contribution in [3.8, 4) is 0 Å². The van der Waals surface area contributed by atoms with E-state index >= 15 is 0 Å². The Labute approximate surface area is 98.2 Å². The normalized spacial score (nSPS) is 24.4. The Morgan fingerprint density at radius 1 is 1.31 bits per heavy atom. The van der Waals surface area contributed by atoms with E-state index in [1.165, 1.54) is 0 Å². The molecule has 1 unspecified atom stereocenters. The molecule has 2 rings (SSSR count). The largest absolute Gasteiger partial charge is 0.311 e. The molecular weight excluding hydrogens is 198 g/mol. The van der Waals surface area contributed by atoms with Crippen molar-refractivity contribution in [3.63, 3.8) is 0 Å². The molecular formula is C13H23N3. The van der Waals surface area contributed by atoms with E-state index in [1.807, 2.05) is 25.0 Å². The molecule has 0 amide bonds. The molecule has 1 fully saturated rings. The average molecular weight is 221 g/mol. The summed E-state index contributed by atoms with van der Waals surface area (Å²) in [5, 5.41) is 7.96. The fourth-order valence-electron chi connectivity index (χ4n) is 3.17. The van der Waals surface area contributed by atoms with Gasteiger partial charge in [0, 0.05) is 13.2 Å². The van der Waals surface area contributed by atoms with Gasteiger partial charge in [0.15, 0.2) is 0 Å². The second-order valence-corrected chi connectivity index (χ2v) is 6.10. The Kier molecular flexibility index (Phi) is 2.42. The first-order valence-corrected chi connectivity index (χ1v) is 5.99. The van der Waals surface area contributed by atoms with Crippen LogP contribution in [-0.2, 0) is 7.05 Å². The van der Waals surface area contributed by atoms with Gasteiger partial charge in [0.25, 0.3) is 0 Å². The van der Waals surface area contributed by atoms with Crippen LogP contribution in [0, 0.1) is 16.7 Å². The molecule has 0 spiro atoms. The topological polar surface area (TPSA) is 29.9 Å². The van der Waals surface area contributed by atoms with Gasteiger partial charge >= 0.3 is 0 Å². The van der Waals surface area contributed by atoms with Gasteiger partial charge < -0.3 is 5.32 Å². The summed E-state index contributed by atoms with van der Waals surface area (Å²) in [7, 11) is 4.00. The predicted octanol–water partition coefficient (Wildman–Crippen LogP) is 2.36. The van der Waals surface area contributed by atoms with Gasteiger partial charge in [-0.3, -0.25) is 4.68 Å². The van der Waals surface area contributed by atoms with Gasteiger partial charge in [-0.05, 0) is 29.9 Å². The van der Waals surface area contributed by atoms with Gasteiger partial charge in [-0.1, -0.05) is 27.7 Å². The number of aromatic nitrogens is 2. The molecule has 1 aromatic rings. The molecule has 1 aromatic heterocycles. The number of nitrogens with zero attached hydrogens (tertiary/aromatic N) is 2. The monoisotopic (exact) mass is 221 g/mol. The molecule has 0 radical (unpaired) electrons. The van der Waals surface area contributed by atoms with Gasteiger partial charge in [-0.2, -0.15) is 5.10 Å². The summed E-state index contributed by atoms with van der Waals surface area (Å²) in [6, 6.07) is 2.48. The van der Waals surface area contributed by atoms with Gasteiger partial charge in [-0.25, -0.2) is 0 Å². The van der Waals surface area contributed by atoms with Crippen LogP contribution in [-0.4, -0.2) is 16.8 Å². The first-order chi connectivity index (χ1) is 7.32. The molecule has 0 aromatic carbocycles.